The lowest BCUT2D eigenvalue weighted by Gasteiger charge is -2.41. The van der Waals surface area contributed by atoms with Crippen molar-refractivity contribution in [3.63, 3.8) is 0 Å². The molecule has 4 nitrogen and oxygen atoms in total. The number of benzene rings is 2. The Morgan fingerprint density at radius 3 is 2.27 bits per heavy atom. The van der Waals surface area contributed by atoms with Crippen molar-refractivity contribution in [1.82, 2.24) is 20.0 Å². The smallest absolute Gasteiger partial charge is 0.0534 e. The van der Waals surface area contributed by atoms with Crippen LogP contribution < -0.4 is 5.32 Å². The lowest BCUT2D eigenvalue weighted by molar-refractivity contribution is 0.139. The van der Waals surface area contributed by atoms with Gasteiger partial charge in [0.1, 0.15) is 0 Å². The first-order chi connectivity index (χ1) is 12.8. The normalized spacial score (nSPS) is 18.3. The average Bonchev–Trinajstić information content (AvgIpc) is 3.10. The molecule has 4 rings (SSSR count). The maximum absolute atomic E-state index is 4.34. The predicted octanol–water partition coefficient (Wildman–Crippen LogP) is 3.03. The Morgan fingerprint density at radius 1 is 1.04 bits per heavy atom. The number of nitrogens with zero attached hydrogens (tertiary/aromatic N) is 3. The number of piperazine rings is 1. The van der Waals surface area contributed by atoms with Gasteiger partial charge in [0.2, 0.25) is 0 Å². The van der Waals surface area contributed by atoms with Gasteiger partial charge in [0, 0.05) is 56.9 Å². The zero-order valence-corrected chi connectivity index (χ0v) is 15.3. The predicted molar refractivity (Wildman–Crippen MR) is 105 cm³/mol. The van der Waals surface area contributed by atoms with E-state index in [0.717, 1.165) is 26.2 Å². The molecule has 4 heteroatoms. The van der Waals surface area contributed by atoms with E-state index in [4.69, 9.17) is 0 Å². The second-order valence-corrected chi connectivity index (χ2v) is 7.06. The molecule has 1 saturated heterocycles. The van der Waals surface area contributed by atoms with Gasteiger partial charge in [-0.15, -0.1) is 0 Å². The average molecular weight is 346 g/mol. The van der Waals surface area contributed by atoms with E-state index in [1.807, 2.05) is 17.9 Å². The molecule has 0 radical (unpaired) electrons. The molecule has 2 aromatic carbocycles. The first-order valence-electron chi connectivity index (χ1n) is 9.33. The Balaban J connectivity index is 1.68. The van der Waals surface area contributed by atoms with Gasteiger partial charge in [-0.2, -0.15) is 5.10 Å². The van der Waals surface area contributed by atoms with Crippen LogP contribution >= 0.6 is 0 Å². The third-order valence-electron chi connectivity index (χ3n) is 5.24. The summed E-state index contributed by atoms with van der Waals surface area (Å²) in [5.74, 6) is 0.349. The van der Waals surface area contributed by atoms with Crippen molar-refractivity contribution in [3.8, 4) is 0 Å². The van der Waals surface area contributed by atoms with Gasteiger partial charge in [0.25, 0.3) is 0 Å². The van der Waals surface area contributed by atoms with Gasteiger partial charge in [-0.05, 0) is 11.1 Å². The number of aryl methyl sites for hydroxylation is 1. The number of hydrogen-bond donors (Lipinski definition) is 1. The van der Waals surface area contributed by atoms with E-state index in [2.05, 4.69) is 82.2 Å². The van der Waals surface area contributed by atoms with E-state index in [1.165, 1.54) is 16.7 Å². The molecule has 0 saturated carbocycles. The molecule has 1 aliphatic rings. The lowest BCUT2D eigenvalue weighted by Crippen LogP contribution is -2.53. The Kier molecular flexibility index (Phi) is 5.14. The molecule has 2 heterocycles. The van der Waals surface area contributed by atoms with Gasteiger partial charge in [-0.3, -0.25) is 9.58 Å². The SMILES string of the molecule is Cn1cc(CN2CCNC[C@H]2C(c2ccccc2)c2ccccc2)cn1. The third-order valence-corrected chi connectivity index (χ3v) is 5.24. The maximum atomic E-state index is 4.34. The van der Waals surface area contributed by atoms with Crippen LogP contribution in [0.25, 0.3) is 0 Å². The highest BCUT2D eigenvalue weighted by atomic mass is 15.3. The Bertz CT molecular complexity index is 773. The summed E-state index contributed by atoms with van der Waals surface area (Å²) in [5, 5.41) is 7.96. The molecule has 134 valence electrons. The van der Waals surface area contributed by atoms with Crippen molar-refractivity contribution in [2.24, 2.45) is 7.05 Å². The van der Waals surface area contributed by atoms with Crippen LogP contribution in [0.4, 0.5) is 0 Å². The van der Waals surface area contributed by atoms with Crippen molar-refractivity contribution in [2.75, 3.05) is 19.6 Å². The van der Waals surface area contributed by atoms with Crippen LogP contribution in [0.5, 0.6) is 0 Å². The maximum Gasteiger partial charge on any atom is 0.0534 e. The van der Waals surface area contributed by atoms with Crippen LogP contribution in [0.2, 0.25) is 0 Å². The molecule has 26 heavy (non-hydrogen) atoms. The summed E-state index contributed by atoms with van der Waals surface area (Å²) < 4.78 is 1.89. The van der Waals surface area contributed by atoms with Crippen molar-refractivity contribution < 1.29 is 0 Å². The summed E-state index contributed by atoms with van der Waals surface area (Å²) in [6, 6.07) is 22.2. The highest BCUT2D eigenvalue weighted by Gasteiger charge is 2.32. The number of hydrogen-bond acceptors (Lipinski definition) is 3. The van der Waals surface area contributed by atoms with E-state index in [0.29, 0.717) is 12.0 Å². The standard InChI is InChI=1S/C22H26N4/c1-25-16-18(14-24-25)17-26-13-12-23-15-21(26)22(19-8-4-2-5-9-19)20-10-6-3-7-11-20/h2-11,14,16,21-23H,12-13,15,17H2,1H3/t21-/m0/s1. The third kappa shape index (κ3) is 3.71. The van der Waals surface area contributed by atoms with Crippen LogP contribution in [0.3, 0.4) is 0 Å². The second kappa shape index (κ2) is 7.85. The molecule has 1 atom stereocenters. The van der Waals surface area contributed by atoms with Gasteiger partial charge in [0.05, 0.1) is 6.20 Å². The molecule has 0 bridgehead atoms. The van der Waals surface area contributed by atoms with E-state index < -0.39 is 0 Å². The van der Waals surface area contributed by atoms with Crippen molar-refractivity contribution in [1.29, 1.82) is 0 Å². The molecule has 0 spiro atoms. The fourth-order valence-corrected chi connectivity index (χ4v) is 4.04. The molecule has 0 aliphatic carbocycles. The second-order valence-electron chi connectivity index (χ2n) is 7.06. The largest absolute Gasteiger partial charge is 0.314 e. The molecule has 1 aromatic heterocycles. The first kappa shape index (κ1) is 17.0. The Morgan fingerprint density at radius 2 is 1.69 bits per heavy atom. The fourth-order valence-electron chi connectivity index (χ4n) is 4.04. The minimum absolute atomic E-state index is 0.349. The summed E-state index contributed by atoms with van der Waals surface area (Å²) in [6.07, 6.45) is 4.11. The summed E-state index contributed by atoms with van der Waals surface area (Å²) >= 11 is 0. The summed E-state index contributed by atoms with van der Waals surface area (Å²) in [4.78, 5) is 2.61. The summed E-state index contributed by atoms with van der Waals surface area (Å²) in [5.41, 5.74) is 4.03. The van der Waals surface area contributed by atoms with Crippen LogP contribution in [0, 0.1) is 0 Å². The van der Waals surface area contributed by atoms with Crippen LogP contribution in [0.15, 0.2) is 73.1 Å². The van der Waals surface area contributed by atoms with Crippen LogP contribution in [0.1, 0.15) is 22.6 Å². The van der Waals surface area contributed by atoms with Gasteiger partial charge in [-0.1, -0.05) is 60.7 Å². The van der Waals surface area contributed by atoms with Gasteiger partial charge < -0.3 is 5.32 Å². The summed E-state index contributed by atoms with van der Waals surface area (Å²) in [6.45, 7) is 4.02. The monoisotopic (exact) mass is 346 g/mol. The molecule has 1 N–H and O–H groups in total. The van der Waals surface area contributed by atoms with E-state index in [9.17, 15) is 0 Å². The Hall–Kier alpha value is -2.43. The molecule has 1 fully saturated rings. The van der Waals surface area contributed by atoms with E-state index >= 15 is 0 Å². The fraction of sp³-hybridized carbons (Fsp3) is 0.318. The lowest BCUT2D eigenvalue weighted by atomic mass is 9.83. The molecule has 3 aromatic rings. The van der Waals surface area contributed by atoms with Crippen molar-refractivity contribution >= 4 is 0 Å². The van der Waals surface area contributed by atoms with Gasteiger partial charge >= 0.3 is 0 Å². The zero-order valence-electron chi connectivity index (χ0n) is 15.3. The highest BCUT2D eigenvalue weighted by molar-refractivity contribution is 5.35. The Labute approximate surface area is 155 Å². The van der Waals surface area contributed by atoms with E-state index in [-0.39, 0.29) is 0 Å². The van der Waals surface area contributed by atoms with Crippen molar-refractivity contribution in [3.05, 3.63) is 89.7 Å². The van der Waals surface area contributed by atoms with Gasteiger partial charge in [0.15, 0.2) is 0 Å². The number of rotatable bonds is 5. The van der Waals surface area contributed by atoms with E-state index in [1.54, 1.807) is 0 Å². The zero-order chi connectivity index (χ0) is 17.8. The quantitative estimate of drug-likeness (QED) is 0.771. The minimum atomic E-state index is 0.349. The molecular weight excluding hydrogens is 320 g/mol. The first-order valence-corrected chi connectivity index (χ1v) is 9.33. The van der Waals surface area contributed by atoms with Crippen LogP contribution in [-0.4, -0.2) is 40.4 Å². The molecule has 0 amide bonds. The van der Waals surface area contributed by atoms with Gasteiger partial charge in [-0.25, -0.2) is 0 Å². The van der Waals surface area contributed by atoms with Crippen LogP contribution in [-0.2, 0) is 13.6 Å². The highest BCUT2D eigenvalue weighted by Crippen LogP contribution is 2.32. The molecule has 0 unspecified atom stereocenters. The molecule has 1 aliphatic heterocycles. The number of aromatic nitrogens is 2. The minimum Gasteiger partial charge on any atom is -0.314 e. The topological polar surface area (TPSA) is 33.1 Å². The molecular formula is C22H26N4. The summed E-state index contributed by atoms with van der Waals surface area (Å²) in [7, 11) is 1.98. The number of nitrogens with one attached hydrogen (secondary N) is 1. The van der Waals surface area contributed by atoms with Crippen molar-refractivity contribution in [2.45, 2.75) is 18.5 Å².